The number of rotatable bonds is 5. The van der Waals surface area contributed by atoms with Crippen LogP contribution in [0.5, 0.6) is 0 Å². The molecule has 1 aromatic heterocycles. The highest BCUT2D eigenvalue weighted by atomic mass is 32.2. The van der Waals surface area contributed by atoms with Gasteiger partial charge in [-0.15, -0.1) is 10.2 Å². The molecular formula is C19H25N5O2S. The maximum atomic E-state index is 12.1. The summed E-state index contributed by atoms with van der Waals surface area (Å²) in [4.78, 5) is 24.0. The maximum absolute atomic E-state index is 12.1. The summed E-state index contributed by atoms with van der Waals surface area (Å²) in [6.45, 7) is 2.03. The van der Waals surface area contributed by atoms with Crippen LogP contribution >= 0.6 is 11.8 Å². The third-order valence-electron chi connectivity index (χ3n) is 4.64. The molecule has 0 saturated heterocycles. The number of aromatic nitrogens is 3. The minimum Gasteiger partial charge on any atom is -0.335 e. The molecule has 0 bridgehead atoms. The van der Waals surface area contributed by atoms with Crippen LogP contribution in [0.3, 0.4) is 0 Å². The van der Waals surface area contributed by atoms with Gasteiger partial charge in [-0.25, -0.2) is 4.79 Å². The zero-order chi connectivity index (χ0) is 19.2. The number of aryl methyl sites for hydroxylation is 1. The van der Waals surface area contributed by atoms with E-state index in [1.54, 1.807) is 0 Å². The number of carbonyl (C=O) groups excluding carboxylic acids is 2. The number of thioether (sulfide) groups is 1. The van der Waals surface area contributed by atoms with Crippen LogP contribution in [-0.2, 0) is 11.8 Å². The fraction of sp³-hybridized carbons (Fsp3) is 0.474. The molecule has 27 heavy (non-hydrogen) atoms. The van der Waals surface area contributed by atoms with Gasteiger partial charge in [0.25, 0.3) is 0 Å². The molecule has 1 fully saturated rings. The molecule has 2 N–H and O–H groups in total. The summed E-state index contributed by atoms with van der Waals surface area (Å²) in [5.41, 5.74) is 2.13. The molecule has 3 amide bonds. The van der Waals surface area contributed by atoms with Crippen molar-refractivity contribution < 1.29 is 9.59 Å². The molecule has 1 aromatic carbocycles. The molecule has 3 rings (SSSR count). The van der Waals surface area contributed by atoms with Crippen LogP contribution in [0.4, 0.5) is 4.79 Å². The highest BCUT2D eigenvalue weighted by molar-refractivity contribution is 7.99. The van der Waals surface area contributed by atoms with Crippen molar-refractivity contribution in [2.24, 2.45) is 7.05 Å². The first-order chi connectivity index (χ1) is 13.0. The molecule has 1 heterocycles. The number of imide groups is 1. The van der Waals surface area contributed by atoms with Gasteiger partial charge in [-0.1, -0.05) is 54.8 Å². The molecule has 2 aromatic rings. The summed E-state index contributed by atoms with van der Waals surface area (Å²) in [5, 5.41) is 14.3. The van der Waals surface area contributed by atoms with E-state index in [1.807, 2.05) is 42.8 Å². The van der Waals surface area contributed by atoms with E-state index in [2.05, 4.69) is 20.8 Å². The van der Waals surface area contributed by atoms with Gasteiger partial charge in [-0.3, -0.25) is 10.1 Å². The van der Waals surface area contributed by atoms with Crippen LogP contribution in [0.15, 0.2) is 29.4 Å². The first kappa shape index (κ1) is 19.4. The van der Waals surface area contributed by atoms with Gasteiger partial charge >= 0.3 is 6.03 Å². The monoisotopic (exact) mass is 387 g/mol. The van der Waals surface area contributed by atoms with Crippen LogP contribution in [0, 0.1) is 6.92 Å². The first-order valence-electron chi connectivity index (χ1n) is 9.22. The number of nitrogens with zero attached hydrogens (tertiary/aromatic N) is 3. The summed E-state index contributed by atoms with van der Waals surface area (Å²) in [6.07, 6.45) is 5.44. The lowest BCUT2D eigenvalue weighted by atomic mass is 9.96. The van der Waals surface area contributed by atoms with E-state index in [1.165, 1.54) is 18.2 Å². The Hall–Kier alpha value is -2.35. The Morgan fingerprint density at radius 1 is 1.22 bits per heavy atom. The van der Waals surface area contributed by atoms with Gasteiger partial charge in [0.1, 0.15) is 0 Å². The zero-order valence-corrected chi connectivity index (χ0v) is 16.5. The molecule has 144 valence electrons. The Morgan fingerprint density at radius 2 is 2.00 bits per heavy atom. The van der Waals surface area contributed by atoms with Crippen LogP contribution in [0.25, 0.3) is 11.4 Å². The molecule has 7 nitrogen and oxygen atoms in total. The number of hydrogen-bond acceptors (Lipinski definition) is 5. The highest BCUT2D eigenvalue weighted by Crippen LogP contribution is 2.23. The highest BCUT2D eigenvalue weighted by Gasteiger charge is 2.18. The van der Waals surface area contributed by atoms with Crippen molar-refractivity contribution in [2.45, 2.75) is 50.2 Å². The van der Waals surface area contributed by atoms with Crippen molar-refractivity contribution >= 4 is 23.7 Å². The topological polar surface area (TPSA) is 88.9 Å². The number of carbonyl (C=O) groups is 2. The predicted octanol–water partition coefficient (Wildman–Crippen LogP) is 3.04. The lowest BCUT2D eigenvalue weighted by Gasteiger charge is -2.22. The first-order valence-corrected chi connectivity index (χ1v) is 10.2. The van der Waals surface area contributed by atoms with E-state index in [4.69, 9.17) is 0 Å². The summed E-state index contributed by atoms with van der Waals surface area (Å²) in [7, 11) is 1.87. The number of urea groups is 1. The van der Waals surface area contributed by atoms with Crippen molar-refractivity contribution in [3.8, 4) is 11.4 Å². The van der Waals surface area contributed by atoms with E-state index >= 15 is 0 Å². The van der Waals surface area contributed by atoms with Gasteiger partial charge in [0.15, 0.2) is 11.0 Å². The van der Waals surface area contributed by atoms with Gasteiger partial charge in [-0.05, 0) is 25.8 Å². The average molecular weight is 388 g/mol. The molecule has 0 spiro atoms. The van der Waals surface area contributed by atoms with Crippen molar-refractivity contribution in [1.82, 2.24) is 25.4 Å². The van der Waals surface area contributed by atoms with Gasteiger partial charge in [-0.2, -0.15) is 0 Å². The number of amides is 3. The molecule has 1 aliphatic carbocycles. The minimum atomic E-state index is -0.411. The summed E-state index contributed by atoms with van der Waals surface area (Å²) in [6, 6.07) is 7.79. The SMILES string of the molecule is Cc1cccc(-c2nnc(SCC(=O)NC(=O)NC3CCCCC3)n2C)c1. The van der Waals surface area contributed by atoms with Crippen LogP contribution in [-0.4, -0.2) is 38.5 Å². The fourth-order valence-corrected chi connectivity index (χ4v) is 3.95. The van der Waals surface area contributed by atoms with Gasteiger partial charge in [0.2, 0.25) is 5.91 Å². The van der Waals surface area contributed by atoms with Gasteiger partial charge in [0, 0.05) is 18.7 Å². The summed E-state index contributed by atoms with van der Waals surface area (Å²) < 4.78 is 1.86. The number of nitrogens with one attached hydrogen (secondary N) is 2. The third-order valence-corrected chi connectivity index (χ3v) is 5.66. The Bertz CT molecular complexity index is 814. The molecule has 1 aliphatic rings. The van der Waals surface area contributed by atoms with E-state index < -0.39 is 6.03 Å². The van der Waals surface area contributed by atoms with E-state index in [-0.39, 0.29) is 17.7 Å². The molecule has 8 heteroatoms. The van der Waals surface area contributed by atoms with E-state index in [9.17, 15) is 9.59 Å². The Morgan fingerprint density at radius 3 is 2.74 bits per heavy atom. The standard InChI is InChI=1S/C19H25N5O2S/c1-13-7-6-8-14(11-13)17-22-23-19(24(17)2)27-12-16(25)21-18(26)20-15-9-4-3-5-10-15/h6-8,11,15H,3-5,9-10,12H2,1-2H3,(H2,20,21,25,26). The third kappa shape index (κ3) is 5.32. The van der Waals surface area contributed by atoms with Crippen molar-refractivity contribution in [1.29, 1.82) is 0 Å². The van der Waals surface area contributed by atoms with E-state index in [0.717, 1.165) is 42.6 Å². The second kappa shape index (κ2) is 9.03. The Kier molecular flexibility index (Phi) is 6.49. The molecular weight excluding hydrogens is 362 g/mol. The second-order valence-electron chi connectivity index (χ2n) is 6.88. The fourth-order valence-electron chi connectivity index (χ4n) is 3.24. The van der Waals surface area contributed by atoms with Gasteiger partial charge in [0.05, 0.1) is 5.75 Å². The Labute approximate surface area is 163 Å². The summed E-state index contributed by atoms with van der Waals surface area (Å²) >= 11 is 1.26. The summed E-state index contributed by atoms with van der Waals surface area (Å²) in [5.74, 6) is 0.516. The lowest BCUT2D eigenvalue weighted by molar-refractivity contribution is -0.117. The Balaban J connectivity index is 1.51. The van der Waals surface area contributed by atoms with Crippen LogP contribution in [0.2, 0.25) is 0 Å². The van der Waals surface area contributed by atoms with Crippen molar-refractivity contribution in [3.63, 3.8) is 0 Å². The average Bonchev–Trinajstić information content (AvgIpc) is 3.01. The zero-order valence-electron chi connectivity index (χ0n) is 15.7. The molecule has 0 unspecified atom stereocenters. The molecule has 0 aliphatic heterocycles. The molecule has 0 radical (unpaired) electrons. The normalized spacial score (nSPS) is 14.7. The number of benzene rings is 1. The largest absolute Gasteiger partial charge is 0.335 e. The van der Waals surface area contributed by atoms with Crippen LogP contribution in [0.1, 0.15) is 37.7 Å². The van der Waals surface area contributed by atoms with Crippen LogP contribution < -0.4 is 10.6 Å². The maximum Gasteiger partial charge on any atom is 0.321 e. The van der Waals surface area contributed by atoms with E-state index in [0.29, 0.717) is 5.16 Å². The lowest BCUT2D eigenvalue weighted by Crippen LogP contribution is -2.45. The minimum absolute atomic E-state index is 0.109. The second-order valence-corrected chi connectivity index (χ2v) is 7.82. The quantitative estimate of drug-likeness (QED) is 0.770. The predicted molar refractivity (Wildman–Crippen MR) is 105 cm³/mol. The van der Waals surface area contributed by atoms with Crippen molar-refractivity contribution in [3.05, 3.63) is 29.8 Å². The molecule has 1 saturated carbocycles. The number of hydrogen-bond donors (Lipinski definition) is 2. The molecule has 0 atom stereocenters. The van der Waals surface area contributed by atoms with Crippen molar-refractivity contribution in [2.75, 3.05) is 5.75 Å². The smallest absolute Gasteiger partial charge is 0.321 e. The van der Waals surface area contributed by atoms with Gasteiger partial charge < -0.3 is 9.88 Å².